The van der Waals surface area contributed by atoms with Crippen LogP contribution in [0.5, 0.6) is 11.6 Å². The van der Waals surface area contributed by atoms with E-state index in [1.807, 2.05) is 24.3 Å². The normalized spacial score (nSPS) is 10.8. The summed E-state index contributed by atoms with van der Waals surface area (Å²) < 4.78 is 6.90. The summed E-state index contributed by atoms with van der Waals surface area (Å²) in [5, 5.41) is 6.17. The summed E-state index contributed by atoms with van der Waals surface area (Å²) in [6, 6.07) is 8.99. The van der Waals surface area contributed by atoms with Crippen LogP contribution in [0.3, 0.4) is 0 Å². The van der Waals surface area contributed by atoms with Crippen molar-refractivity contribution in [2.24, 2.45) is 5.73 Å². The minimum absolute atomic E-state index is 0.334. The van der Waals surface area contributed by atoms with Gasteiger partial charge in [0.15, 0.2) is 5.65 Å². The molecule has 3 rings (SSSR count). The van der Waals surface area contributed by atoms with Gasteiger partial charge in [0.1, 0.15) is 12.1 Å². The molecule has 0 amide bonds. The Hall–Kier alpha value is -2.67. The Labute approximate surface area is 107 Å². The fourth-order valence-electron chi connectivity index (χ4n) is 1.71. The molecule has 0 aliphatic heterocycles. The molecule has 0 atom stereocenters. The van der Waals surface area contributed by atoms with Gasteiger partial charge in [-0.1, -0.05) is 12.1 Å². The molecule has 96 valence electrons. The van der Waals surface area contributed by atoms with Crippen LogP contribution in [-0.2, 0) is 6.54 Å². The van der Waals surface area contributed by atoms with Crippen molar-refractivity contribution in [2.75, 3.05) is 0 Å². The number of ether oxygens (including phenoxy) is 1. The first kappa shape index (κ1) is 11.4. The predicted molar refractivity (Wildman–Crippen MR) is 68.0 cm³/mol. The lowest BCUT2D eigenvalue weighted by Gasteiger charge is -2.05. The van der Waals surface area contributed by atoms with Gasteiger partial charge in [-0.2, -0.15) is 5.10 Å². The fourth-order valence-corrected chi connectivity index (χ4v) is 1.71. The van der Waals surface area contributed by atoms with E-state index in [0.717, 1.165) is 5.56 Å². The molecule has 7 nitrogen and oxygen atoms in total. The number of nitrogens with two attached hydrogens (primary N) is 1. The van der Waals surface area contributed by atoms with Gasteiger partial charge in [-0.3, -0.25) is 0 Å². The first-order chi connectivity index (χ1) is 9.26. The maximum atomic E-state index is 11.3. The molecule has 7 heteroatoms. The number of benzene rings is 1. The second-order valence-corrected chi connectivity index (χ2v) is 3.94. The number of H-pyrrole nitrogens is 1. The highest BCUT2D eigenvalue weighted by Crippen LogP contribution is 2.20. The van der Waals surface area contributed by atoms with Crippen LogP contribution in [0.15, 0.2) is 41.5 Å². The molecular formula is C12H11N5O2. The molecule has 3 N–H and O–H groups in total. The molecule has 1 aromatic carbocycles. The standard InChI is InChI=1S/C12H11N5O2/c13-6-8-2-1-3-9(4-8)19-11-5-10-15-16-12(18)17(10)7-14-11/h1-5,7H,6,13H2,(H,16,18). The molecule has 19 heavy (non-hydrogen) atoms. The van der Waals surface area contributed by atoms with Crippen LogP contribution in [0.25, 0.3) is 5.65 Å². The maximum Gasteiger partial charge on any atom is 0.348 e. The minimum Gasteiger partial charge on any atom is -0.439 e. The molecule has 0 bridgehead atoms. The van der Waals surface area contributed by atoms with Gasteiger partial charge in [-0.25, -0.2) is 19.3 Å². The molecule has 0 saturated carbocycles. The second-order valence-electron chi connectivity index (χ2n) is 3.94. The lowest BCUT2D eigenvalue weighted by atomic mass is 10.2. The number of hydrogen-bond donors (Lipinski definition) is 2. The Kier molecular flexibility index (Phi) is 2.73. The third kappa shape index (κ3) is 2.18. The van der Waals surface area contributed by atoms with Crippen LogP contribution in [0.1, 0.15) is 5.56 Å². The largest absolute Gasteiger partial charge is 0.439 e. The Morgan fingerprint density at radius 2 is 2.26 bits per heavy atom. The van der Waals surface area contributed by atoms with E-state index in [-0.39, 0.29) is 5.69 Å². The number of nitrogens with zero attached hydrogens (tertiary/aromatic N) is 3. The van der Waals surface area contributed by atoms with Gasteiger partial charge in [0.2, 0.25) is 5.88 Å². The lowest BCUT2D eigenvalue weighted by molar-refractivity contribution is 0.461. The van der Waals surface area contributed by atoms with Crippen molar-refractivity contribution in [1.29, 1.82) is 0 Å². The zero-order valence-corrected chi connectivity index (χ0v) is 9.91. The molecule has 0 unspecified atom stereocenters. The molecule has 3 aromatic rings. The third-order valence-corrected chi connectivity index (χ3v) is 2.64. The highest BCUT2D eigenvalue weighted by molar-refractivity contribution is 5.41. The molecule has 0 fully saturated rings. The van der Waals surface area contributed by atoms with E-state index in [2.05, 4.69) is 15.2 Å². The third-order valence-electron chi connectivity index (χ3n) is 2.64. The summed E-state index contributed by atoms with van der Waals surface area (Å²) in [7, 11) is 0. The van der Waals surface area contributed by atoms with Crippen molar-refractivity contribution in [2.45, 2.75) is 6.54 Å². The van der Waals surface area contributed by atoms with E-state index in [1.165, 1.54) is 10.7 Å². The van der Waals surface area contributed by atoms with Crippen LogP contribution in [0.2, 0.25) is 0 Å². The summed E-state index contributed by atoms with van der Waals surface area (Å²) in [5.41, 5.74) is 6.65. The van der Waals surface area contributed by atoms with Crippen molar-refractivity contribution in [3.63, 3.8) is 0 Å². The molecule has 0 aliphatic carbocycles. The Bertz CT molecular complexity index is 777. The number of rotatable bonds is 3. The molecule has 0 aliphatic rings. The van der Waals surface area contributed by atoms with Crippen molar-refractivity contribution in [3.8, 4) is 11.6 Å². The molecule has 0 radical (unpaired) electrons. The Morgan fingerprint density at radius 1 is 1.37 bits per heavy atom. The van der Waals surface area contributed by atoms with Gasteiger partial charge in [-0.15, -0.1) is 0 Å². The van der Waals surface area contributed by atoms with E-state index < -0.39 is 0 Å². The topological polar surface area (TPSA) is 98.3 Å². The van der Waals surface area contributed by atoms with Crippen LogP contribution in [-0.4, -0.2) is 19.6 Å². The van der Waals surface area contributed by atoms with E-state index in [1.54, 1.807) is 6.07 Å². The Morgan fingerprint density at radius 3 is 3.11 bits per heavy atom. The van der Waals surface area contributed by atoms with Gasteiger partial charge in [0, 0.05) is 12.6 Å². The zero-order chi connectivity index (χ0) is 13.2. The number of aromatic amines is 1. The van der Waals surface area contributed by atoms with Gasteiger partial charge in [-0.05, 0) is 17.7 Å². The van der Waals surface area contributed by atoms with Gasteiger partial charge < -0.3 is 10.5 Å². The van der Waals surface area contributed by atoms with Crippen LogP contribution in [0, 0.1) is 0 Å². The number of hydrogen-bond acceptors (Lipinski definition) is 5. The van der Waals surface area contributed by atoms with Crippen molar-refractivity contribution in [3.05, 3.63) is 52.7 Å². The quantitative estimate of drug-likeness (QED) is 0.718. The Balaban J connectivity index is 1.94. The number of nitrogens with one attached hydrogen (secondary N) is 1. The van der Waals surface area contributed by atoms with E-state index >= 15 is 0 Å². The molecule has 2 aromatic heterocycles. The van der Waals surface area contributed by atoms with Crippen LogP contribution in [0.4, 0.5) is 0 Å². The average Bonchev–Trinajstić information content (AvgIpc) is 2.80. The lowest BCUT2D eigenvalue weighted by Crippen LogP contribution is -2.09. The summed E-state index contributed by atoms with van der Waals surface area (Å²) in [5.74, 6) is 0.998. The summed E-state index contributed by atoms with van der Waals surface area (Å²) in [4.78, 5) is 15.3. The second kappa shape index (κ2) is 4.54. The minimum atomic E-state index is -0.334. The SMILES string of the molecule is NCc1cccc(Oc2cc3n[nH]c(=O)n3cn2)c1. The van der Waals surface area contributed by atoms with Crippen LogP contribution < -0.4 is 16.2 Å². The average molecular weight is 257 g/mol. The smallest absolute Gasteiger partial charge is 0.348 e. The van der Waals surface area contributed by atoms with Crippen molar-refractivity contribution in [1.82, 2.24) is 19.6 Å². The molecule has 2 heterocycles. The van der Waals surface area contributed by atoms with E-state index in [4.69, 9.17) is 10.5 Å². The first-order valence-electron chi connectivity index (χ1n) is 5.66. The summed E-state index contributed by atoms with van der Waals surface area (Å²) in [6.07, 6.45) is 1.36. The van der Waals surface area contributed by atoms with Crippen LogP contribution >= 0.6 is 0 Å². The monoisotopic (exact) mass is 257 g/mol. The summed E-state index contributed by atoms with van der Waals surface area (Å²) >= 11 is 0. The summed E-state index contributed by atoms with van der Waals surface area (Å²) in [6.45, 7) is 0.443. The molecule has 0 spiro atoms. The number of aromatic nitrogens is 4. The van der Waals surface area contributed by atoms with E-state index in [0.29, 0.717) is 23.8 Å². The van der Waals surface area contributed by atoms with Gasteiger partial charge in [0.05, 0.1) is 0 Å². The van der Waals surface area contributed by atoms with Gasteiger partial charge >= 0.3 is 5.69 Å². The predicted octanol–water partition coefficient (Wildman–Crippen LogP) is 0.669. The fraction of sp³-hybridized carbons (Fsp3) is 0.0833. The molecular weight excluding hydrogens is 246 g/mol. The van der Waals surface area contributed by atoms with Crippen molar-refractivity contribution < 1.29 is 4.74 Å². The van der Waals surface area contributed by atoms with E-state index in [9.17, 15) is 4.79 Å². The first-order valence-corrected chi connectivity index (χ1v) is 5.66. The zero-order valence-electron chi connectivity index (χ0n) is 9.91. The van der Waals surface area contributed by atoms with Gasteiger partial charge in [0.25, 0.3) is 0 Å². The highest BCUT2D eigenvalue weighted by Gasteiger charge is 2.04. The van der Waals surface area contributed by atoms with Crippen molar-refractivity contribution >= 4 is 5.65 Å². The number of fused-ring (bicyclic) bond motifs is 1. The molecule has 0 saturated heterocycles. The highest BCUT2D eigenvalue weighted by atomic mass is 16.5. The maximum absolute atomic E-state index is 11.3.